The maximum absolute atomic E-state index is 13.6. The van der Waals surface area contributed by atoms with E-state index in [9.17, 15) is 9.59 Å². The Morgan fingerprint density at radius 2 is 1.97 bits per heavy atom. The van der Waals surface area contributed by atoms with Crippen LogP contribution in [0.5, 0.6) is 0 Å². The number of primary amides is 1. The van der Waals surface area contributed by atoms with Crippen LogP contribution in [0.25, 0.3) is 22.2 Å². The van der Waals surface area contributed by atoms with Crippen LogP contribution in [0.3, 0.4) is 0 Å². The quantitative estimate of drug-likeness (QED) is 0.368. The number of hydrogen-bond acceptors (Lipinski definition) is 4. The maximum atomic E-state index is 13.6. The van der Waals surface area contributed by atoms with E-state index in [-0.39, 0.29) is 5.91 Å². The highest BCUT2D eigenvalue weighted by Crippen LogP contribution is 2.40. The third kappa shape index (κ3) is 4.10. The van der Waals surface area contributed by atoms with Gasteiger partial charge in [-0.2, -0.15) is 0 Å². The first kappa shape index (κ1) is 22.3. The Labute approximate surface area is 203 Å². The Morgan fingerprint density at radius 3 is 2.74 bits per heavy atom. The number of anilines is 1. The number of aryl methyl sites for hydroxylation is 1. The van der Waals surface area contributed by atoms with Crippen molar-refractivity contribution in [1.82, 2.24) is 4.98 Å². The van der Waals surface area contributed by atoms with Crippen molar-refractivity contribution in [1.29, 1.82) is 0 Å². The predicted octanol–water partition coefficient (Wildman–Crippen LogP) is 6.14. The zero-order chi connectivity index (χ0) is 23.8. The van der Waals surface area contributed by atoms with Crippen LogP contribution in [0.4, 0.5) is 5.00 Å². The van der Waals surface area contributed by atoms with E-state index in [0.29, 0.717) is 22.0 Å². The molecule has 2 aromatic heterocycles. The Morgan fingerprint density at radius 1 is 1.15 bits per heavy atom. The lowest BCUT2D eigenvalue weighted by Crippen LogP contribution is -2.20. The summed E-state index contributed by atoms with van der Waals surface area (Å²) in [5.74, 6) is -0.139. The number of para-hydroxylation sites is 1. The lowest BCUT2D eigenvalue weighted by molar-refractivity contribution is 0.1000. The van der Waals surface area contributed by atoms with Crippen LogP contribution in [0, 0.1) is 12.8 Å². The first-order chi connectivity index (χ1) is 16.4. The van der Waals surface area contributed by atoms with Crippen molar-refractivity contribution in [3.05, 3.63) is 81.7 Å². The van der Waals surface area contributed by atoms with E-state index in [4.69, 9.17) is 10.7 Å². The molecular weight excluding hydrogens is 442 g/mol. The lowest BCUT2D eigenvalue weighted by atomic mass is 9.85. The Balaban J connectivity index is 1.57. The second kappa shape index (κ2) is 9.03. The van der Waals surface area contributed by atoms with E-state index in [1.807, 2.05) is 55.5 Å². The summed E-state index contributed by atoms with van der Waals surface area (Å²) in [4.78, 5) is 31.9. The molecule has 1 aliphatic rings. The Hall–Kier alpha value is -3.51. The second-order valence-electron chi connectivity index (χ2n) is 8.99. The average Bonchev–Trinajstić information content (AvgIpc) is 3.20. The molecule has 0 aliphatic heterocycles. The van der Waals surface area contributed by atoms with Crippen LogP contribution in [-0.4, -0.2) is 16.8 Å². The summed E-state index contributed by atoms with van der Waals surface area (Å²) in [5.41, 5.74) is 11.3. The Kier molecular flexibility index (Phi) is 5.92. The molecule has 1 aliphatic carbocycles. The van der Waals surface area contributed by atoms with Crippen LogP contribution in [0.1, 0.15) is 56.5 Å². The average molecular weight is 470 g/mol. The van der Waals surface area contributed by atoms with Gasteiger partial charge in [0.25, 0.3) is 11.8 Å². The number of carbonyl (C=O) groups is 2. The number of amides is 2. The van der Waals surface area contributed by atoms with Crippen molar-refractivity contribution < 1.29 is 9.59 Å². The van der Waals surface area contributed by atoms with Crippen LogP contribution in [0.2, 0.25) is 0 Å². The van der Waals surface area contributed by atoms with E-state index < -0.39 is 5.91 Å². The summed E-state index contributed by atoms with van der Waals surface area (Å²) >= 11 is 1.49. The van der Waals surface area contributed by atoms with E-state index in [1.165, 1.54) is 16.2 Å². The largest absolute Gasteiger partial charge is 0.365 e. The number of benzene rings is 2. The molecule has 0 saturated heterocycles. The minimum Gasteiger partial charge on any atom is -0.365 e. The van der Waals surface area contributed by atoms with Gasteiger partial charge in [0.1, 0.15) is 5.00 Å². The summed E-state index contributed by atoms with van der Waals surface area (Å²) in [6.45, 7) is 4.23. The van der Waals surface area contributed by atoms with Crippen molar-refractivity contribution in [3.8, 4) is 11.3 Å². The van der Waals surface area contributed by atoms with Crippen molar-refractivity contribution in [2.24, 2.45) is 11.7 Å². The first-order valence-electron chi connectivity index (χ1n) is 11.7. The van der Waals surface area contributed by atoms with Gasteiger partial charge in [-0.3, -0.25) is 9.59 Å². The molecule has 0 saturated carbocycles. The number of nitrogens with two attached hydrogens (primary N) is 1. The molecular formula is C28H27N3O2S. The molecule has 0 spiro atoms. The summed E-state index contributed by atoms with van der Waals surface area (Å²) in [6, 6.07) is 17.5. The highest BCUT2D eigenvalue weighted by molar-refractivity contribution is 7.17. The molecule has 34 heavy (non-hydrogen) atoms. The van der Waals surface area contributed by atoms with Gasteiger partial charge in [0, 0.05) is 15.8 Å². The number of aromatic nitrogens is 1. The first-order valence-corrected chi connectivity index (χ1v) is 12.5. The van der Waals surface area contributed by atoms with Gasteiger partial charge in [0.05, 0.1) is 22.3 Å². The van der Waals surface area contributed by atoms with Crippen LogP contribution < -0.4 is 11.1 Å². The van der Waals surface area contributed by atoms with E-state index in [0.717, 1.165) is 59.0 Å². The summed E-state index contributed by atoms with van der Waals surface area (Å²) in [5, 5.41) is 4.35. The summed E-state index contributed by atoms with van der Waals surface area (Å²) in [7, 11) is 0. The van der Waals surface area contributed by atoms with Crippen LogP contribution in [0.15, 0.2) is 54.6 Å². The molecule has 6 heteroatoms. The molecule has 172 valence electrons. The normalized spacial score (nSPS) is 15.2. The molecule has 2 aromatic carbocycles. The fraction of sp³-hybridized carbons (Fsp3) is 0.250. The summed E-state index contributed by atoms with van der Waals surface area (Å²) in [6.07, 6.45) is 3.91. The number of nitrogens with one attached hydrogen (secondary N) is 1. The van der Waals surface area contributed by atoms with E-state index >= 15 is 0 Å². The third-order valence-corrected chi connectivity index (χ3v) is 7.86. The molecule has 1 atom stereocenters. The molecule has 2 amide bonds. The lowest BCUT2D eigenvalue weighted by Gasteiger charge is -2.20. The van der Waals surface area contributed by atoms with Crippen molar-refractivity contribution in [3.63, 3.8) is 0 Å². The molecule has 0 bridgehead atoms. The molecule has 4 aromatic rings. The molecule has 0 radical (unpaired) electrons. The molecule has 5 rings (SSSR count). The molecule has 2 heterocycles. The molecule has 5 nitrogen and oxygen atoms in total. The molecule has 3 N–H and O–H groups in total. The van der Waals surface area contributed by atoms with Gasteiger partial charge >= 0.3 is 0 Å². The predicted molar refractivity (Wildman–Crippen MR) is 139 cm³/mol. The third-order valence-electron chi connectivity index (χ3n) is 6.69. The second-order valence-corrected chi connectivity index (χ2v) is 10.1. The van der Waals surface area contributed by atoms with Gasteiger partial charge < -0.3 is 11.1 Å². The Bertz CT molecular complexity index is 1420. The van der Waals surface area contributed by atoms with Crippen LogP contribution in [-0.2, 0) is 12.8 Å². The summed E-state index contributed by atoms with van der Waals surface area (Å²) < 4.78 is 0. The monoisotopic (exact) mass is 469 g/mol. The fourth-order valence-electron chi connectivity index (χ4n) is 4.84. The fourth-order valence-corrected chi connectivity index (χ4v) is 6.20. The minimum atomic E-state index is -0.484. The number of hydrogen-bond donors (Lipinski definition) is 2. The smallest absolute Gasteiger partial charge is 0.257 e. The standard InChI is InChI=1S/C28H27N3O2S/c1-3-17-11-12-20-24(14-17)34-28(25(20)26(29)32)31-27(33)21-15-23(18-8-6-7-16(2)13-18)30-22-10-5-4-9-19(21)22/h4-10,13,15,17H,3,11-12,14H2,1-2H3,(H2,29,32)(H,31,33). The highest BCUT2D eigenvalue weighted by Gasteiger charge is 2.28. The van der Waals surface area contributed by atoms with Crippen LogP contribution >= 0.6 is 11.3 Å². The SMILES string of the molecule is CCC1CCc2c(sc(NC(=O)c3cc(-c4cccc(C)c4)nc4ccccc34)c2C(N)=O)C1. The van der Waals surface area contributed by atoms with Gasteiger partial charge in [-0.25, -0.2) is 4.98 Å². The number of rotatable bonds is 5. The zero-order valence-electron chi connectivity index (χ0n) is 19.4. The number of pyridine rings is 1. The van der Waals surface area contributed by atoms with E-state index in [2.05, 4.69) is 18.3 Å². The van der Waals surface area contributed by atoms with Gasteiger partial charge in [-0.1, -0.05) is 55.3 Å². The number of thiophene rings is 1. The van der Waals surface area contributed by atoms with Crippen molar-refractivity contribution in [2.45, 2.75) is 39.5 Å². The van der Waals surface area contributed by atoms with Crippen molar-refractivity contribution >= 4 is 39.1 Å². The highest BCUT2D eigenvalue weighted by atomic mass is 32.1. The van der Waals surface area contributed by atoms with E-state index in [1.54, 1.807) is 0 Å². The number of fused-ring (bicyclic) bond motifs is 2. The van der Waals surface area contributed by atoms with Crippen molar-refractivity contribution in [2.75, 3.05) is 5.32 Å². The number of nitrogens with zero attached hydrogens (tertiary/aromatic N) is 1. The van der Waals surface area contributed by atoms with Gasteiger partial charge in [-0.05, 0) is 55.9 Å². The number of carbonyl (C=O) groups excluding carboxylic acids is 2. The topological polar surface area (TPSA) is 85.1 Å². The van der Waals surface area contributed by atoms with Gasteiger partial charge in [0.2, 0.25) is 0 Å². The molecule has 1 unspecified atom stereocenters. The minimum absolute atomic E-state index is 0.263. The molecule has 0 fully saturated rings. The van der Waals surface area contributed by atoms with Gasteiger partial charge in [0.15, 0.2) is 0 Å². The van der Waals surface area contributed by atoms with Gasteiger partial charge in [-0.15, -0.1) is 11.3 Å². The maximum Gasteiger partial charge on any atom is 0.257 e. The zero-order valence-corrected chi connectivity index (χ0v) is 20.2.